The van der Waals surface area contributed by atoms with Crippen molar-refractivity contribution in [2.75, 3.05) is 5.32 Å². The van der Waals surface area contributed by atoms with Gasteiger partial charge in [0.25, 0.3) is 0 Å². The van der Waals surface area contributed by atoms with E-state index < -0.39 is 5.97 Å². The molecule has 0 aliphatic carbocycles. The number of carboxylic acids is 1. The van der Waals surface area contributed by atoms with Crippen LogP contribution < -0.4 is 5.32 Å². The number of hydrogen-bond donors (Lipinski definition) is 2. The molecule has 1 heterocycles. The lowest BCUT2D eigenvalue weighted by atomic mass is 10.2. The average Bonchev–Trinajstić information content (AvgIpc) is 2.68. The standard InChI is InChI=1S/C12H11FN2O2S/c1-7-10(11(16)17)18-12(15-7)14-6-8-3-2-4-9(13)5-8/h2-5H,6H2,1H3,(H,14,15)(H,16,17). The average molecular weight is 266 g/mol. The number of carbonyl (C=O) groups is 1. The van der Waals surface area contributed by atoms with Crippen molar-refractivity contribution in [2.24, 2.45) is 0 Å². The molecule has 94 valence electrons. The second-order valence-corrected chi connectivity index (χ2v) is 4.72. The second-order valence-electron chi connectivity index (χ2n) is 3.72. The number of aromatic nitrogens is 1. The van der Waals surface area contributed by atoms with Crippen LogP contribution in [0.4, 0.5) is 9.52 Å². The highest BCUT2D eigenvalue weighted by molar-refractivity contribution is 7.17. The number of aromatic carboxylic acids is 1. The van der Waals surface area contributed by atoms with Crippen LogP contribution in [0.5, 0.6) is 0 Å². The van der Waals surface area contributed by atoms with Crippen molar-refractivity contribution in [1.82, 2.24) is 4.98 Å². The lowest BCUT2D eigenvalue weighted by Crippen LogP contribution is -1.99. The van der Waals surface area contributed by atoms with Gasteiger partial charge in [-0.3, -0.25) is 0 Å². The lowest BCUT2D eigenvalue weighted by molar-refractivity contribution is 0.0701. The van der Waals surface area contributed by atoms with Crippen LogP contribution in [0, 0.1) is 12.7 Å². The maximum Gasteiger partial charge on any atom is 0.347 e. The summed E-state index contributed by atoms with van der Waals surface area (Å²) in [5.74, 6) is -1.28. The molecule has 0 aliphatic heterocycles. The number of nitrogens with one attached hydrogen (secondary N) is 1. The molecule has 0 fully saturated rings. The Balaban J connectivity index is 2.06. The van der Waals surface area contributed by atoms with E-state index >= 15 is 0 Å². The van der Waals surface area contributed by atoms with E-state index in [1.807, 2.05) is 0 Å². The predicted octanol–water partition coefficient (Wildman–Crippen LogP) is 2.90. The minimum Gasteiger partial charge on any atom is -0.477 e. The van der Waals surface area contributed by atoms with Crippen LogP contribution in [-0.4, -0.2) is 16.1 Å². The Labute approximate surface area is 107 Å². The number of carboxylic acid groups (broad SMARTS) is 1. The molecule has 0 saturated carbocycles. The molecule has 0 saturated heterocycles. The smallest absolute Gasteiger partial charge is 0.347 e. The topological polar surface area (TPSA) is 62.2 Å². The number of anilines is 1. The predicted molar refractivity (Wildman–Crippen MR) is 67.5 cm³/mol. The van der Waals surface area contributed by atoms with Crippen molar-refractivity contribution < 1.29 is 14.3 Å². The SMILES string of the molecule is Cc1nc(NCc2cccc(F)c2)sc1C(=O)O. The molecular formula is C12H11FN2O2S. The zero-order valence-corrected chi connectivity index (χ0v) is 10.4. The van der Waals surface area contributed by atoms with Crippen LogP contribution in [-0.2, 0) is 6.54 Å². The van der Waals surface area contributed by atoms with Crippen LogP contribution >= 0.6 is 11.3 Å². The van der Waals surface area contributed by atoms with Crippen LogP contribution in [0.2, 0.25) is 0 Å². The molecule has 0 spiro atoms. The van der Waals surface area contributed by atoms with Crippen molar-refractivity contribution in [3.63, 3.8) is 0 Å². The molecule has 0 unspecified atom stereocenters. The van der Waals surface area contributed by atoms with Gasteiger partial charge in [0.05, 0.1) is 5.69 Å². The van der Waals surface area contributed by atoms with Gasteiger partial charge < -0.3 is 10.4 Å². The molecule has 0 bridgehead atoms. The third-order valence-corrected chi connectivity index (χ3v) is 3.43. The van der Waals surface area contributed by atoms with E-state index in [4.69, 9.17) is 5.11 Å². The van der Waals surface area contributed by atoms with Gasteiger partial charge >= 0.3 is 5.97 Å². The van der Waals surface area contributed by atoms with Crippen molar-refractivity contribution in [3.8, 4) is 0 Å². The Morgan fingerprint density at radius 1 is 1.56 bits per heavy atom. The van der Waals surface area contributed by atoms with Crippen LogP contribution in [0.25, 0.3) is 0 Å². The van der Waals surface area contributed by atoms with Crippen LogP contribution in [0.15, 0.2) is 24.3 Å². The van der Waals surface area contributed by atoms with E-state index in [0.717, 1.165) is 16.9 Å². The normalized spacial score (nSPS) is 10.3. The van der Waals surface area contributed by atoms with Gasteiger partial charge in [-0.25, -0.2) is 14.2 Å². The van der Waals surface area contributed by atoms with Gasteiger partial charge in [-0.05, 0) is 24.6 Å². The second kappa shape index (κ2) is 5.14. The summed E-state index contributed by atoms with van der Waals surface area (Å²) in [6.45, 7) is 2.05. The minimum absolute atomic E-state index is 0.219. The van der Waals surface area contributed by atoms with E-state index in [2.05, 4.69) is 10.3 Å². The summed E-state index contributed by atoms with van der Waals surface area (Å²) >= 11 is 1.08. The molecule has 0 atom stereocenters. The third kappa shape index (κ3) is 2.84. The summed E-state index contributed by atoms with van der Waals surface area (Å²) in [5, 5.41) is 12.4. The quantitative estimate of drug-likeness (QED) is 0.893. The summed E-state index contributed by atoms with van der Waals surface area (Å²) in [4.78, 5) is 15.2. The van der Waals surface area contributed by atoms with Gasteiger partial charge in [0.2, 0.25) is 0 Å². The lowest BCUT2D eigenvalue weighted by Gasteiger charge is -2.02. The fraction of sp³-hybridized carbons (Fsp3) is 0.167. The fourth-order valence-corrected chi connectivity index (χ4v) is 2.30. The molecule has 1 aromatic carbocycles. The van der Waals surface area contributed by atoms with E-state index in [1.54, 1.807) is 19.1 Å². The highest BCUT2D eigenvalue weighted by Crippen LogP contribution is 2.22. The number of thiazole rings is 1. The zero-order chi connectivity index (χ0) is 13.1. The van der Waals surface area contributed by atoms with Crippen molar-refractivity contribution in [3.05, 3.63) is 46.2 Å². The molecule has 6 heteroatoms. The van der Waals surface area contributed by atoms with Crippen LogP contribution in [0.1, 0.15) is 20.9 Å². The number of rotatable bonds is 4. The summed E-state index contributed by atoms with van der Waals surface area (Å²) in [5.41, 5.74) is 1.26. The molecule has 0 aliphatic rings. The molecule has 1 aromatic heterocycles. The summed E-state index contributed by atoms with van der Waals surface area (Å²) < 4.78 is 12.9. The first-order valence-electron chi connectivity index (χ1n) is 5.25. The van der Waals surface area contributed by atoms with Gasteiger partial charge in [0.15, 0.2) is 5.13 Å². The Hall–Kier alpha value is -1.95. The highest BCUT2D eigenvalue weighted by Gasteiger charge is 2.13. The van der Waals surface area contributed by atoms with Gasteiger partial charge in [-0.2, -0.15) is 0 Å². The van der Waals surface area contributed by atoms with Crippen molar-refractivity contribution in [2.45, 2.75) is 13.5 Å². The molecule has 2 N–H and O–H groups in total. The number of halogens is 1. The minimum atomic E-state index is -0.983. The Kier molecular flexibility index (Phi) is 3.57. The van der Waals surface area contributed by atoms with E-state index in [9.17, 15) is 9.18 Å². The molecule has 18 heavy (non-hydrogen) atoms. The van der Waals surface area contributed by atoms with Crippen molar-refractivity contribution in [1.29, 1.82) is 0 Å². The van der Waals surface area contributed by atoms with Crippen LogP contribution in [0.3, 0.4) is 0 Å². The first kappa shape index (κ1) is 12.5. The molecular weight excluding hydrogens is 255 g/mol. The molecule has 2 aromatic rings. The molecule has 0 amide bonds. The monoisotopic (exact) mass is 266 g/mol. The maximum atomic E-state index is 12.9. The van der Waals surface area contributed by atoms with E-state index in [1.165, 1.54) is 12.1 Å². The fourth-order valence-electron chi connectivity index (χ4n) is 1.50. The summed E-state index contributed by atoms with van der Waals surface area (Å²) in [7, 11) is 0. The number of aryl methyl sites for hydroxylation is 1. The van der Waals surface area contributed by atoms with Gasteiger partial charge in [-0.1, -0.05) is 23.5 Å². The first-order chi connectivity index (χ1) is 8.56. The zero-order valence-electron chi connectivity index (χ0n) is 9.61. The molecule has 0 radical (unpaired) electrons. The van der Waals surface area contributed by atoms with Gasteiger partial charge in [0, 0.05) is 6.54 Å². The van der Waals surface area contributed by atoms with E-state index in [-0.39, 0.29) is 10.7 Å². The Bertz CT molecular complexity index is 583. The van der Waals surface area contributed by atoms with Gasteiger partial charge in [0.1, 0.15) is 10.7 Å². The summed E-state index contributed by atoms with van der Waals surface area (Å²) in [6, 6.07) is 6.21. The number of nitrogens with zero attached hydrogens (tertiary/aromatic N) is 1. The Morgan fingerprint density at radius 2 is 2.33 bits per heavy atom. The molecule has 4 nitrogen and oxygen atoms in total. The Morgan fingerprint density at radius 3 is 2.94 bits per heavy atom. The van der Waals surface area contributed by atoms with Gasteiger partial charge in [-0.15, -0.1) is 0 Å². The van der Waals surface area contributed by atoms with E-state index in [0.29, 0.717) is 17.4 Å². The molecule has 2 rings (SSSR count). The number of hydrogen-bond acceptors (Lipinski definition) is 4. The first-order valence-corrected chi connectivity index (χ1v) is 6.07. The summed E-state index contributed by atoms with van der Waals surface area (Å²) in [6.07, 6.45) is 0. The highest BCUT2D eigenvalue weighted by atomic mass is 32.1. The largest absolute Gasteiger partial charge is 0.477 e. The number of benzene rings is 1. The third-order valence-electron chi connectivity index (χ3n) is 2.32. The van der Waals surface area contributed by atoms with Crippen molar-refractivity contribution >= 4 is 22.4 Å². The maximum absolute atomic E-state index is 12.9.